The number of nitrogens with one attached hydrogen (secondary N) is 1. The molecule has 7 nitrogen and oxygen atoms in total. The molecule has 0 amide bonds. The predicted octanol–water partition coefficient (Wildman–Crippen LogP) is 3.54. The van der Waals surface area contributed by atoms with E-state index in [1.54, 1.807) is 10.7 Å². The van der Waals surface area contributed by atoms with Gasteiger partial charge in [0.05, 0.1) is 13.2 Å². The average Bonchev–Trinajstić information content (AvgIpc) is 3.02. The third-order valence-corrected chi connectivity index (χ3v) is 3.76. The average molecular weight is 354 g/mol. The van der Waals surface area contributed by atoms with Crippen LogP contribution in [0.1, 0.15) is 39.2 Å². The smallest absolute Gasteiger partial charge is 0.243 e. The van der Waals surface area contributed by atoms with Gasteiger partial charge in [0.15, 0.2) is 11.5 Å². The molecule has 0 aliphatic rings. The highest BCUT2D eigenvalue weighted by Gasteiger charge is 2.12. The molecule has 0 unspecified atom stereocenters. The van der Waals surface area contributed by atoms with Gasteiger partial charge in [-0.15, -0.1) is 0 Å². The van der Waals surface area contributed by atoms with Gasteiger partial charge in [-0.1, -0.05) is 30.0 Å². The summed E-state index contributed by atoms with van der Waals surface area (Å²) in [4.78, 5) is 0. The largest absolute Gasteiger partial charge is 0.490 e. The van der Waals surface area contributed by atoms with Crippen LogP contribution in [0, 0.1) is 0 Å². The highest BCUT2D eigenvalue weighted by atomic mass is 35.5. The number of tetrazole rings is 1. The number of aromatic nitrogens is 4. The minimum absolute atomic E-state index is 0.498. The summed E-state index contributed by atoms with van der Waals surface area (Å²) in [6, 6.07) is 3.68. The van der Waals surface area contributed by atoms with Crippen molar-refractivity contribution in [1.82, 2.24) is 20.2 Å². The van der Waals surface area contributed by atoms with Crippen LogP contribution in [-0.2, 0) is 13.1 Å². The van der Waals surface area contributed by atoms with Crippen molar-refractivity contribution in [3.05, 3.63) is 22.7 Å². The van der Waals surface area contributed by atoms with Gasteiger partial charge in [0.1, 0.15) is 0 Å². The molecule has 1 aromatic carbocycles. The van der Waals surface area contributed by atoms with Crippen LogP contribution >= 0.6 is 11.6 Å². The summed E-state index contributed by atoms with van der Waals surface area (Å²) in [7, 11) is 0. The van der Waals surface area contributed by atoms with Crippen LogP contribution in [0.5, 0.6) is 11.5 Å². The van der Waals surface area contributed by atoms with Crippen molar-refractivity contribution >= 4 is 17.5 Å². The summed E-state index contributed by atoms with van der Waals surface area (Å²) < 4.78 is 13.0. The zero-order chi connectivity index (χ0) is 17.4. The lowest BCUT2D eigenvalue weighted by Gasteiger charge is -2.14. The van der Waals surface area contributed by atoms with Crippen LogP contribution in [0.2, 0.25) is 5.02 Å². The summed E-state index contributed by atoms with van der Waals surface area (Å²) >= 11 is 6.37. The van der Waals surface area contributed by atoms with E-state index in [-0.39, 0.29) is 0 Å². The number of benzene rings is 1. The predicted molar refractivity (Wildman–Crippen MR) is 93.8 cm³/mol. The van der Waals surface area contributed by atoms with E-state index < -0.39 is 0 Å². The topological polar surface area (TPSA) is 74.1 Å². The van der Waals surface area contributed by atoms with Gasteiger partial charge in [-0.05, 0) is 42.3 Å². The minimum Gasteiger partial charge on any atom is -0.490 e. The molecule has 1 heterocycles. The normalized spacial score (nSPS) is 10.7. The number of anilines is 1. The first kappa shape index (κ1) is 18.3. The van der Waals surface area contributed by atoms with Crippen molar-refractivity contribution in [3.63, 3.8) is 0 Å². The molecular weight excluding hydrogens is 330 g/mol. The Balaban J connectivity index is 2.12. The van der Waals surface area contributed by atoms with Crippen molar-refractivity contribution in [2.75, 3.05) is 18.5 Å². The summed E-state index contributed by atoms with van der Waals surface area (Å²) in [6.07, 6.45) is 2.11. The SMILES string of the molecule is CCCCn1nnnc1NCc1cc(OCC)c(OCC)cc1Cl. The number of aryl methyl sites for hydroxylation is 1. The van der Waals surface area contributed by atoms with Gasteiger partial charge < -0.3 is 14.8 Å². The third-order valence-electron chi connectivity index (χ3n) is 3.40. The Hall–Kier alpha value is -2.02. The van der Waals surface area contributed by atoms with Crippen LogP contribution in [0.15, 0.2) is 12.1 Å². The number of ether oxygens (including phenoxy) is 2. The molecule has 2 aromatic rings. The molecule has 8 heteroatoms. The molecule has 0 saturated carbocycles. The third kappa shape index (κ3) is 4.74. The molecule has 0 aliphatic heterocycles. The molecule has 1 N–H and O–H groups in total. The maximum atomic E-state index is 6.37. The standard InChI is InChI=1S/C16H24ClN5O2/c1-4-7-8-22-16(19-20-21-22)18-11-12-9-14(23-5-2)15(24-6-3)10-13(12)17/h9-10H,4-8,11H2,1-3H3,(H,18,19,21). The molecule has 0 saturated heterocycles. The zero-order valence-electron chi connectivity index (χ0n) is 14.4. The van der Waals surface area contributed by atoms with Gasteiger partial charge in [-0.25, -0.2) is 4.68 Å². The Bertz CT molecular complexity index is 647. The van der Waals surface area contributed by atoms with E-state index in [2.05, 4.69) is 27.8 Å². The molecule has 0 spiro atoms. The Morgan fingerprint density at radius 1 is 1.12 bits per heavy atom. The Morgan fingerprint density at radius 3 is 2.50 bits per heavy atom. The van der Waals surface area contributed by atoms with Gasteiger partial charge in [-0.2, -0.15) is 0 Å². The number of halogens is 1. The lowest BCUT2D eigenvalue weighted by atomic mass is 10.2. The Morgan fingerprint density at radius 2 is 1.83 bits per heavy atom. The van der Waals surface area contributed by atoms with Crippen molar-refractivity contribution in [2.45, 2.75) is 46.7 Å². The molecule has 132 valence electrons. The molecule has 1 aromatic heterocycles. The van der Waals surface area contributed by atoms with Crippen molar-refractivity contribution < 1.29 is 9.47 Å². The maximum absolute atomic E-state index is 6.37. The molecule has 24 heavy (non-hydrogen) atoms. The zero-order valence-corrected chi connectivity index (χ0v) is 15.1. The number of hydrogen-bond donors (Lipinski definition) is 1. The summed E-state index contributed by atoms with van der Waals surface area (Å²) in [5.74, 6) is 1.97. The van der Waals surface area contributed by atoms with Crippen LogP contribution < -0.4 is 14.8 Å². The van der Waals surface area contributed by atoms with Crippen LogP contribution in [0.25, 0.3) is 0 Å². The van der Waals surface area contributed by atoms with E-state index >= 15 is 0 Å². The van der Waals surface area contributed by atoms with Crippen molar-refractivity contribution in [1.29, 1.82) is 0 Å². The molecule has 2 rings (SSSR count). The fourth-order valence-corrected chi connectivity index (χ4v) is 2.43. The second-order valence-corrected chi connectivity index (χ2v) is 5.60. The summed E-state index contributed by atoms with van der Waals surface area (Å²) in [6.45, 7) is 8.39. The van der Waals surface area contributed by atoms with Gasteiger partial charge in [0, 0.05) is 24.2 Å². The quantitative estimate of drug-likeness (QED) is 0.704. The van der Waals surface area contributed by atoms with Gasteiger partial charge in [0.25, 0.3) is 0 Å². The Labute approximate surface area is 147 Å². The number of nitrogens with zero attached hydrogens (tertiary/aromatic N) is 4. The molecular formula is C16H24ClN5O2. The second kappa shape index (κ2) is 9.32. The van der Waals surface area contributed by atoms with E-state index in [1.807, 2.05) is 19.9 Å². The Kier molecular flexibility index (Phi) is 7.11. The fraction of sp³-hybridized carbons (Fsp3) is 0.562. The number of rotatable bonds is 10. The highest BCUT2D eigenvalue weighted by molar-refractivity contribution is 6.31. The first-order valence-corrected chi connectivity index (χ1v) is 8.65. The summed E-state index contributed by atoms with van der Waals surface area (Å²) in [5, 5.41) is 15.6. The minimum atomic E-state index is 0.498. The molecule has 0 radical (unpaired) electrons. The molecule has 0 fully saturated rings. The van der Waals surface area contributed by atoms with E-state index in [0.29, 0.717) is 42.2 Å². The summed E-state index contributed by atoms with van der Waals surface area (Å²) in [5.41, 5.74) is 0.897. The highest BCUT2D eigenvalue weighted by Crippen LogP contribution is 2.34. The molecule has 0 bridgehead atoms. The first-order valence-electron chi connectivity index (χ1n) is 8.27. The number of unbranched alkanes of at least 4 members (excludes halogenated alkanes) is 1. The van der Waals surface area contributed by atoms with E-state index in [0.717, 1.165) is 24.9 Å². The monoisotopic (exact) mass is 353 g/mol. The number of hydrogen-bond acceptors (Lipinski definition) is 6. The van der Waals surface area contributed by atoms with Gasteiger partial charge >= 0.3 is 0 Å². The first-order chi connectivity index (χ1) is 11.7. The second-order valence-electron chi connectivity index (χ2n) is 5.19. The van der Waals surface area contributed by atoms with Crippen LogP contribution in [0.3, 0.4) is 0 Å². The lowest BCUT2D eigenvalue weighted by molar-refractivity contribution is 0.287. The van der Waals surface area contributed by atoms with Gasteiger partial charge in [0.2, 0.25) is 5.95 Å². The van der Waals surface area contributed by atoms with E-state index in [9.17, 15) is 0 Å². The van der Waals surface area contributed by atoms with E-state index in [1.165, 1.54) is 0 Å². The maximum Gasteiger partial charge on any atom is 0.243 e. The van der Waals surface area contributed by atoms with Gasteiger partial charge in [-0.3, -0.25) is 0 Å². The van der Waals surface area contributed by atoms with Crippen LogP contribution in [-0.4, -0.2) is 33.4 Å². The fourth-order valence-electron chi connectivity index (χ4n) is 2.21. The van der Waals surface area contributed by atoms with Crippen LogP contribution in [0.4, 0.5) is 5.95 Å². The molecule has 0 aliphatic carbocycles. The van der Waals surface area contributed by atoms with E-state index in [4.69, 9.17) is 21.1 Å². The molecule has 0 atom stereocenters. The van der Waals surface area contributed by atoms with Crippen molar-refractivity contribution in [3.8, 4) is 11.5 Å². The lowest BCUT2D eigenvalue weighted by Crippen LogP contribution is -2.10. The van der Waals surface area contributed by atoms with Crippen molar-refractivity contribution in [2.24, 2.45) is 0 Å².